The first kappa shape index (κ1) is 18.7. The van der Waals surface area contributed by atoms with Gasteiger partial charge in [0, 0.05) is 44.3 Å². The summed E-state index contributed by atoms with van der Waals surface area (Å²) in [7, 11) is 3.59. The second kappa shape index (κ2) is 8.58. The summed E-state index contributed by atoms with van der Waals surface area (Å²) >= 11 is 0. The molecule has 1 aromatic carbocycles. The second-order valence-electron chi connectivity index (χ2n) is 6.99. The van der Waals surface area contributed by atoms with Crippen molar-refractivity contribution in [2.24, 2.45) is 7.05 Å². The van der Waals surface area contributed by atoms with Gasteiger partial charge in [-0.1, -0.05) is 6.07 Å². The molecule has 0 saturated carbocycles. The van der Waals surface area contributed by atoms with Crippen molar-refractivity contribution in [1.29, 1.82) is 0 Å². The number of aryl methyl sites for hydroxylation is 1. The third-order valence-corrected chi connectivity index (χ3v) is 5.11. The predicted molar refractivity (Wildman–Crippen MR) is 107 cm³/mol. The molecule has 7 nitrogen and oxygen atoms in total. The molecule has 0 bridgehead atoms. The fourth-order valence-corrected chi connectivity index (χ4v) is 3.50. The van der Waals surface area contributed by atoms with E-state index >= 15 is 0 Å². The summed E-state index contributed by atoms with van der Waals surface area (Å²) in [6.07, 6.45) is 5.80. The van der Waals surface area contributed by atoms with Gasteiger partial charge in [-0.15, -0.1) is 0 Å². The predicted octanol–water partition coefficient (Wildman–Crippen LogP) is 3.28. The van der Waals surface area contributed by atoms with Gasteiger partial charge in [0.15, 0.2) is 5.65 Å². The molecule has 0 unspecified atom stereocenters. The molecule has 3 heterocycles. The van der Waals surface area contributed by atoms with Gasteiger partial charge in [0.05, 0.1) is 31.4 Å². The van der Waals surface area contributed by atoms with E-state index in [0.717, 1.165) is 54.1 Å². The summed E-state index contributed by atoms with van der Waals surface area (Å²) in [6.45, 7) is 2.80. The molecule has 1 saturated heterocycles. The maximum Gasteiger partial charge on any atom is 0.159 e. The van der Waals surface area contributed by atoms with Crippen LogP contribution in [0, 0.1) is 0 Å². The zero-order valence-electron chi connectivity index (χ0n) is 16.4. The van der Waals surface area contributed by atoms with Gasteiger partial charge in [-0.2, -0.15) is 5.10 Å². The molecule has 3 aromatic rings. The van der Waals surface area contributed by atoms with Gasteiger partial charge in [0.25, 0.3) is 0 Å². The number of rotatable bonds is 7. The third-order valence-electron chi connectivity index (χ3n) is 5.11. The Bertz CT molecular complexity index is 935. The lowest BCUT2D eigenvalue weighted by Gasteiger charge is -2.23. The van der Waals surface area contributed by atoms with Crippen LogP contribution in [0.5, 0.6) is 5.75 Å². The van der Waals surface area contributed by atoms with E-state index in [1.165, 1.54) is 5.56 Å². The van der Waals surface area contributed by atoms with Crippen LogP contribution in [0.4, 0.5) is 5.69 Å². The summed E-state index contributed by atoms with van der Waals surface area (Å²) in [5.74, 6) is 0.856. The number of ether oxygens (including phenoxy) is 3. The number of nitrogens with zero attached hydrogens (tertiary/aromatic N) is 3. The standard InChI is InChI=1S/C21H26N4O3/c1-25-21-18(13-24-25)19(5-8-22-21)23-12-15-3-4-20(26-2)16(11-15)14-28-17-6-9-27-10-7-17/h3-5,8,11,13,17H,6-7,9-10,12,14H2,1-2H3,(H,22,23). The molecule has 1 aliphatic rings. The van der Waals surface area contributed by atoms with Crippen LogP contribution in [-0.2, 0) is 29.7 Å². The normalized spacial score (nSPS) is 15.1. The largest absolute Gasteiger partial charge is 0.496 e. The molecule has 7 heteroatoms. The minimum atomic E-state index is 0.260. The fraction of sp³-hybridized carbons (Fsp3) is 0.429. The van der Waals surface area contributed by atoms with E-state index in [0.29, 0.717) is 13.2 Å². The van der Waals surface area contributed by atoms with Gasteiger partial charge in [0.2, 0.25) is 0 Å². The van der Waals surface area contributed by atoms with Crippen molar-refractivity contribution in [3.8, 4) is 5.75 Å². The van der Waals surface area contributed by atoms with Gasteiger partial charge in [-0.3, -0.25) is 4.68 Å². The molecule has 0 atom stereocenters. The molecule has 4 rings (SSSR count). The SMILES string of the molecule is COc1ccc(CNc2ccnc3c2cnn3C)cc1COC1CCOCC1. The molecule has 0 spiro atoms. The number of methoxy groups -OCH3 is 1. The highest BCUT2D eigenvalue weighted by Crippen LogP contribution is 2.25. The fourth-order valence-electron chi connectivity index (χ4n) is 3.50. The number of fused-ring (bicyclic) bond motifs is 1. The second-order valence-corrected chi connectivity index (χ2v) is 6.99. The first-order valence-electron chi connectivity index (χ1n) is 9.60. The van der Waals surface area contributed by atoms with Crippen LogP contribution in [-0.4, -0.2) is 41.2 Å². The summed E-state index contributed by atoms with van der Waals surface area (Å²) in [5.41, 5.74) is 4.12. The van der Waals surface area contributed by atoms with Crippen molar-refractivity contribution >= 4 is 16.7 Å². The molecule has 0 radical (unpaired) electrons. The Morgan fingerprint density at radius 3 is 2.93 bits per heavy atom. The highest BCUT2D eigenvalue weighted by Gasteiger charge is 2.15. The van der Waals surface area contributed by atoms with Crippen LogP contribution in [0.15, 0.2) is 36.7 Å². The average molecular weight is 382 g/mol. The van der Waals surface area contributed by atoms with Crippen molar-refractivity contribution < 1.29 is 14.2 Å². The Labute approximate surface area is 164 Å². The minimum absolute atomic E-state index is 0.260. The summed E-state index contributed by atoms with van der Waals surface area (Å²) in [6, 6.07) is 8.20. The Balaban J connectivity index is 1.45. The summed E-state index contributed by atoms with van der Waals surface area (Å²) in [5, 5.41) is 8.80. The first-order chi connectivity index (χ1) is 13.7. The van der Waals surface area contributed by atoms with Crippen molar-refractivity contribution in [2.45, 2.75) is 32.1 Å². The molecular weight excluding hydrogens is 356 g/mol. The van der Waals surface area contributed by atoms with Gasteiger partial charge in [-0.25, -0.2) is 4.98 Å². The maximum absolute atomic E-state index is 6.09. The molecule has 2 aromatic heterocycles. The Kier molecular flexibility index (Phi) is 5.73. The minimum Gasteiger partial charge on any atom is -0.496 e. The number of anilines is 1. The van der Waals surface area contributed by atoms with Crippen LogP contribution in [0.2, 0.25) is 0 Å². The van der Waals surface area contributed by atoms with Crippen LogP contribution in [0.25, 0.3) is 11.0 Å². The van der Waals surface area contributed by atoms with Crippen molar-refractivity contribution in [3.63, 3.8) is 0 Å². The number of pyridine rings is 1. The van der Waals surface area contributed by atoms with Crippen LogP contribution in [0.1, 0.15) is 24.0 Å². The third kappa shape index (κ3) is 4.10. The van der Waals surface area contributed by atoms with Crippen molar-refractivity contribution in [2.75, 3.05) is 25.6 Å². The van der Waals surface area contributed by atoms with E-state index in [1.807, 2.05) is 25.4 Å². The average Bonchev–Trinajstić information content (AvgIpc) is 3.13. The maximum atomic E-state index is 6.09. The van der Waals surface area contributed by atoms with E-state index in [4.69, 9.17) is 14.2 Å². The number of aromatic nitrogens is 3. The van der Waals surface area contributed by atoms with Crippen molar-refractivity contribution in [3.05, 3.63) is 47.8 Å². The number of benzene rings is 1. The van der Waals surface area contributed by atoms with Crippen LogP contribution in [0.3, 0.4) is 0 Å². The van der Waals surface area contributed by atoms with Gasteiger partial charge < -0.3 is 19.5 Å². The first-order valence-corrected chi connectivity index (χ1v) is 9.60. The molecule has 148 valence electrons. The highest BCUT2D eigenvalue weighted by atomic mass is 16.5. The lowest BCUT2D eigenvalue weighted by molar-refractivity contribution is -0.0394. The Morgan fingerprint density at radius 1 is 1.25 bits per heavy atom. The van der Waals surface area contributed by atoms with E-state index in [9.17, 15) is 0 Å². The molecule has 0 amide bonds. The van der Waals surface area contributed by atoms with E-state index in [2.05, 4.69) is 27.5 Å². The van der Waals surface area contributed by atoms with E-state index < -0.39 is 0 Å². The molecule has 1 aliphatic heterocycles. The summed E-state index contributed by atoms with van der Waals surface area (Å²) in [4.78, 5) is 4.38. The van der Waals surface area contributed by atoms with Crippen molar-refractivity contribution in [1.82, 2.24) is 14.8 Å². The molecule has 0 aliphatic carbocycles. The Morgan fingerprint density at radius 2 is 2.11 bits per heavy atom. The molecular formula is C21H26N4O3. The number of hydrogen-bond acceptors (Lipinski definition) is 6. The Hall–Kier alpha value is -2.64. The zero-order valence-corrected chi connectivity index (χ0v) is 16.4. The number of nitrogens with one attached hydrogen (secondary N) is 1. The quantitative estimate of drug-likeness (QED) is 0.676. The van der Waals surface area contributed by atoms with Gasteiger partial charge in [0.1, 0.15) is 5.75 Å². The molecule has 1 fully saturated rings. The van der Waals surface area contributed by atoms with Crippen LogP contribution >= 0.6 is 0 Å². The van der Waals surface area contributed by atoms with E-state index in [-0.39, 0.29) is 6.10 Å². The highest BCUT2D eigenvalue weighted by molar-refractivity contribution is 5.88. The number of hydrogen-bond donors (Lipinski definition) is 1. The van der Waals surface area contributed by atoms with Crippen LogP contribution < -0.4 is 10.1 Å². The monoisotopic (exact) mass is 382 g/mol. The zero-order chi connectivity index (χ0) is 19.3. The topological polar surface area (TPSA) is 70.4 Å². The molecule has 1 N–H and O–H groups in total. The van der Waals surface area contributed by atoms with Gasteiger partial charge in [-0.05, 0) is 36.6 Å². The lowest BCUT2D eigenvalue weighted by Crippen LogP contribution is -2.23. The summed E-state index contributed by atoms with van der Waals surface area (Å²) < 4.78 is 18.8. The lowest BCUT2D eigenvalue weighted by atomic mass is 10.1. The molecule has 28 heavy (non-hydrogen) atoms. The smallest absolute Gasteiger partial charge is 0.159 e. The van der Waals surface area contributed by atoms with Gasteiger partial charge >= 0.3 is 0 Å². The van der Waals surface area contributed by atoms with E-state index in [1.54, 1.807) is 18.0 Å².